The van der Waals surface area contributed by atoms with Crippen molar-refractivity contribution in [3.05, 3.63) is 94.6 Å². The van der Waals surface area contributed by atoms with Crippen LogP contribution in [0.25, 0.3) is 0 Å². The van der Waals surface area contributed by atoms with Crippen LogP contribution in [-0.2, 0) is 6.42 Å². The molecule has 0 bridgehead atoms. The van der Waals surface area contributed by atoms with Gasteiger partial charge in [-0.2, -0.15) is 0 Å². The van der Waals surface area contributed by atoms with Crippen molar-refractivity contribution in [2.45, 2.75) is 145 Å². The summed E-state index contributed by atoms with van der Waals surface area (Å²) in [5, 5.41) is 2.48. The molecule has 3 rings (SSSR count). The SMILES string of the molecule is COc1c(C)c(C)c(O[Si](c2ccccc2)(c2ccccc2)C(C)(C)C)c(C/C=C(\C)CCC[C@H](C)CCC[C@H](C)CCCC(C)C)c1C. The molecule has 0 heterocycles. The smallest absolute Gasteiger partial charge is 0.319 e. The van der Waals surface area contributed by atoms with Crippen LogP contribution in [-0.4, -0.2) is 15.4 Å². The van der Waals surface area contributed by atoms with E-state index in [0.29, 0.717) is 0 Å². The quantitative estimate of drug-likeness (QED) is 0.0925. The van der Waals surface area contributed by atoms with Crippen molar-refractivity contribution < 1.29 is 9.16 Å². The van der Waals surface area contributed by atoms with Gasteiger partial charge in [0.1, 0.15) is 11.5 Å². The van der Waals surface area contributed by atoms with E-state index in [0.717, 1.165) is 47.7 Å². The Hall–Kier alpha value is -2.78. The molecule has 0 spiro atoms. The van der Waals surface area contributed by atoms with Crippen LogP contribution < -0.4 is 19.5 Å². The Kier molecular flexibility index (Phi) is 15.8. The van der Waals surface area contributed by atoms with Crippen LogP contribution >= 0.6 is 0 Å². The summed E-state index contributed by atoms with van der Waals surface area (Å²) in [6.07, 6.45) is 15.3. The van der Waals surface area contributed by atoms with Gasteiger partial charge in [-0.15, -0.1) is 0 Å². The minimum atomic E-state index is -2.81. The van der Waals surface area contributed by atoms with E-state index in [4.69, 9.17) is 9.16 Å². The molecular weight excluding hydrogens is 613 g/mol. The monoisotopic (exact) mass is 683 g/mol. The van der Waals surface area contributed by atoms with E-state index in [2.05, 4.69) is 143 Å². The van der Waals surface area contributed by atoms with Gasteiger partial charge in [0.2, 0.25) is 0 Å². The normalized spacial score (nSPS) is 13.9. The summed E-state index contributed by atoms with van der Waals surface area (Å²) in [5.74, 6) is 4.53. The topological polar surface area (TPSA) is 18.5 Å². The lowest BCUT2D eigenvalue weighted by atomic mass is 9.91. The maximum atomic E-state index is 7.75. The standard InChI is InChI=1S/C46H70O2Si/c1-34(2)22-19-23-35(3)24-20-25-36(4)26-21-27-37(5)32-33-43-40(8)44(47-12)38(6)39(7)45(43)48-49(46(9,10)11,41-28-15-13-16-29-41)42-30-17-14-18-31-42/h13-18,28-32,34-36H,19-27,33H2,1-12H3/b37-32+/t35-,36-/m1/s1. The summed E-state index contributed by atoms with van der Waals surface area (Å²) < 4.78 is 13.8. The lowest BCUT2D eigenvalue weighted by molar-refractivity contribution is 0.389. The average Bonchev–Trinajstić information content (AvgIpc) is 3.05. The van der Waals surface area contributed by atoms with E-state index in [1.165, 1.54) is 84.0 Å². The Morgan fingerprint density at radius 3 is 1.61 bits per heavy atom. The second-order valence-corrected chi connectivity index (χ2v) is 20.8. The summed E-state index contributed by atoms with van der Waals surface area (Å²) >= 11 is 0. The van der Waals surface area contributed by atoms with E-state index >= 15 is 0 Å². The molecule has 0 saturated carbocycles. The van der Waals surface area contributed by atoms with Gasteiger partial charge in [0.05, 0.1) is 7.11 Å². The molecule has 0 saturated heterocycles. The van der Waals surface area contributed by atoms with Crippen molar-refractivity contribution in [3.63, 3.8) is 0 Å². The van der Waals surface area contributed by atoms with Crippen LogP contribution in [0.4, 0.5) is 0 Å². The maximum Gasteiger partial charge on any atom is 0.319 e. The predicted molar refractivity (Wildman–Crippen MR) is 218 cm³/mol. The first kappa shape index (κ1) is 40.6. The summed E-state index contributed by atoms with van der Waals surface area (Å²) in [6, 6.07) is 22.0. The molecule has 2 nitrogen and oxygen atoms in total. The summed E-state index contributed by atoms with van der Waals surface area (Å²) in [6.45, 7) is 25.6. The third-order valence-electron chi connectivity index (χ3n) is 11.0. The average molecular weight is 683 g/mol. The van der Waals surface area contributed by atoms with Gasteiger partial charge in [0, 0.05) is 5.56 Å². The number of hydrogen-bond donors (Lipinski definition) is 0. The van der Waals surface area contributed by atoms with E-state index in [-0.39, 0.29) is 5.04 Å². The molecule has 3 aromatic carbocycles. The number of rotatable bonds is 19. The van der Waals surface area contributed by atoms with E-state index < -0.39 is 8.32 Å². The Bertz CT molecular complexity index is 1410. The van der Waals surface area contributed by atoms with Gasteiger partial charge >= 0.3 is 8.32 Å². The molecule has 270 valence electrons. The summed E-state index contributed by atoms with van der Waals surface area (Å²) in [7, 11) is -1.01. The zero-order valence-electron chi connectivity index (χ0n) is 33.5. The van der Waals surface area contributed by atoms with Gasteiger partial charge in [0.25, 0.3) is 0 Å². The van der Waals surface area contributed by atoms with Crippen LogP contribution in [0.5, 0.6) is 11.5 Å². The first-order valence-electron chi connectivity index (χ1n) is 19.3. The fourth-order valence-electron chi connectivity index (χ4n) is 7.73. The lowest BCUT2D eigenvalue weighted by Gasteiger charge is -2.44. The number of benzene rings is 3. The van der Waals surface area contributed by atoms with Crippen LogP contribution in [0.2, 0.25) is 5.04 Å². The van der Waals surface area contributed by atoms with E-state index in [9.17, 15) is 0 Å². The van der Waals surface area contributed by atoms with Crippen LogP contribution in [0.3, 0.4) is 0 Å². The number of ether oxygens (including phenoxy) is 1. The Labute approximate surface area is 303 Å². The highest BCUT2D eigenvalue weighted by Crippen LogP contribution is 2.44. The molecule has 0 aliphatic carbocycles. The highest BCUT2D eigenvalue weighted by molar-refractivity contribution is 7.00. The van der Waals surface area contributed by atoms with Crippen molar-refractivity contribution in [2.24, 2.45) is 17.8 Å². The first-order valence-corrected chi connectivity index (χ1v) is 21.3. The van der Waals surface area contributed by atoms with Gasteiger partial charge < -0.3 is 9.16 Å². The largest absolute Gasteiger partial charge is 0.534 e. The Morgan fingerprint density at radius 1 is 0.673 bits per heavy atom. The molecule has 0 radical (unpaired) electrons. The van der Waals surface area contributed by atoms with Crippen LogP contribution in [0.1, 0.15) is 135 Å². The fraction of sp³-hybridized carbons (Fsp3) is 0.565. The zero-order valence-corrected chi connectivity index (χ0v) is 34.5. The number of methoxy groups -OCH3 is 1. The first-order chi connectivity index (χ1) is 23.2. The third kappa shape index (κ3) is 10.9. The van der Waals surface area contributed by atoms with Crippen LogP contribution in [0, 0.1) is 38.5 Å². The second-order valence-electron chi connectivity index (χ2n) is 16.6. The minimum absolute atomic E-state index is 0.116. The Balaban J connectivity index is 1.83. The summed E-state index contributed by atoms with van der Waals surface area (Å²) in [5.41, 5.74) is 6.26. The third-order valence-corrected chi connectivity index (χ3v) is 15.9. The molecule has 0 aliphatic rings. The molecule has 49 heavy (non-hydrogen) atoms. The van der Waals surface area contributed by atoms with Gasteiger partial charge in [-0.3, -0.25) is 0 Å². The van der Waals surface area contributed by atoms with E-state index in [1.807, 2.05) is 0 Å². The molecule has 3 heteroatoms. The maximum absolute atomic E-state index is 7.75. The molecule has 0 unspecified atom stereocenters. The second kappa shape index (κ2) is 19.0. The molecule has 0 aliphatic heterocycles. The molecule has 3 aromatic rings. The molecule has 2 atom stereocenters. The minimum Gasteiger partial charge on any atom is -0.534 e. The molecule has 0 amide bonds. The van der Waals surface area contributed by atoms with Gasteiger partial charge in [-0.25, -0.2) is 0 Å². The molecule has 0 fully saturated rings. The number of allylic oxidation sites excluding steroid dienone is 2. The van der Waals surface area contributed by atoms with Crippen molar-refractivity contribution in [1.82, 2.24) is 0 Å². The van der Waals surface area contributed by atoms with Crippen LogP contribution in [0.15, 0.2) is 72.3 Å². The Morgan fingerprint density at radius 2 is 1.14 bits per heavy atom. The number of hydrogen-bond acceptors (Lipinski definition) is 2. The summed E-state index contributed by atoms with van der Waals surface area (Å²) in [4.78, 5) is 0. The van der Waals surface area contributed by atoms with Gasteiger partial charge in [-0.05, 0) is 96.8 Å². The molecular formula is C46H70O2Si. The van der Waals surface area contributed by atoms with Crippen molar-refractivity contribution >= 4 is 18.7 Å². The highest BCUT2D eigenvalue weighted by atomic mass is 28.4. The molecule has 0 aromatic heterocycles. The van der Waals surface area contributed by atoms with Gasteiger partial charge in [-0.1, -0.05) is 166 Å². The van der Waals surface area contributed by atoms with Crippen molar-refractivity contribution in [3.8, 4) is 11.5 Å². The fourth-order valence-corrected chi connectivity index (χ4v) is 12.2. The molecule has 0 N–H and O–H groups in total. The predicted octanol–water partition coefficient (Wildman–Crippen LogP) is 12.5. The lowest BCUT2D eigenvalue weighted by Crippen LogP contribution is -2.69. The van der Waals surface area contributed by atoms with Crippen molar-refractivity contribution in [1.29, 1.82) is 0 Å². The van der Waals surface area contributed by atoms with Crippen molar-refractivity contribution in [2.75, 3.05) is 7.11 Å². The van der Waals surface area contributed by atoms with Gasteiger partial charge in [0.15, 0.2) is 0 Å². The zero-order chi connectivity index (χ0) is 36.2. The van der Waals surface area contributed by atoms with E-state index in [1.54, 1.807) is 7.11 Å². The highest BCUT2D eigenvalue weighted by Gasteiger charge is 2.52.